The van der Waals surface area contributed by atoms with E-state index >= 15 is 0 Å². The number of aliphatic carboxylic acids is 1. The topological polar surface area (TPSA) is 66.3 Å². The standard InChI is InChI=1S/C13H21N3O2/c1-5-7-10-8-11(15-9-14-10)16(6-2)13(3,4)12(17)18/h8-9H,5-7H2,1-4H3,(H,17,18). The third-order valence-electron chi connectivity index (χ3n) is 3.01. The van der Waals surface area contributed by atoms with Crippen molar-refractivity contribution in [3.8, 4) is 0 Å². The first-order chi connectivity index (χ1) is 8.43. The van der Waals surface area contributed by atoms with E-state index < -0.39 is 11.5 Å². The fourth-order valence-electron chi connectivity index (χ4n) is 1.89. The second-order valence-electron chi connectivity index (χ2n) is 4.73. The van der Waals surface area contributed by atoms with Gasteiger partial charge in [0.25, 0.3) is 0 Å². The van der Waals surface area contributed by atoms with Gasteiger partial charge in [-0.3, -0.25) is 0 Å². The Morgan fingerprint density at radius 2 is 2.06 bits per heavy atom. The van der Waals surface area contributed by atoms with Crippen molar-refractivity contribution < 1.29 is 9.90 Å². The molecule has 0 fully saturated rings. The molecule has 0 amide bonds. The molecule has 0 saturated carbocycles. The number of nitrogens with zero attached hydrogens (tertiary/aromatic N) is 3. The highest BCUT2D eigenvalue weighted by atomic mass is 16.4. The van der Waals surface area contributed by atoms with Crippen LogP contribution in [0.25, 0.3) is 0 Å². The molecular weight excluding hydrogens is 230 g/mol. The van der Waals surface area contributed by atoms with Crippen molar-refractivity contribution in [2.75, 3.05) is 11.4 Å². The van der Waals surface area contributed by atoms with Gasteiger partial charge in [0, 0.05) is 18.3 Å². The first-order valence-corrected chi connectivity index (χ1v) is 6.25. The quantitative estimate of drug-likeness (QED) is 0.838. The van der Waals surface area contributed by atoms with Crippen LogP contribution in [0.1, 0.15) is 39.8 Å². The van der Waals surface area contributed by atoms with Crippen molar-refractivity contribution in [3.05, 3.63) is 18.1 Å². The molecule has 18 heavy (non-hydrogen) atoms. The second kappa shape index (κ2) is 5.80. The zero-order valence-corrected chi connectivity index (χ0v) is 11.5. The summed E-state index contributed by atoms with van der Waals surface area (Å²) in [4.78, 5) is 21.5. The van der Waals surface area contributed by atoms with E-state index in [1.165, 1.54) is 6.33 Å². The summed E-state index contributed by atoms with van der Waals surface area (Å²) in [6.07, 6.45) is 3.38. The number of aromatic nitrogens is 2. The first-order valence-electron chi connectivity index (χ1n) is 6.25. The summed E-state index contributed by atoms with van der Waals surface area (Å²) in [5, 5.41) is 9.29. The van der Waals surface area contributed by atoms with Gasteiger partial charge in [-0.2, -0.15) is 0 Å². The molecule has 0 saturated heterocycles. The summed E-state index contributed by atoms with van der Waals surface area (Å²) in [5.41, 5.74) is -0.0332. The molecule has 5 heteroatoms. The van der Waals surface area contributed by atoms with Crippen LogP contribution >= 0.6 is 0 Å². The van der Waals surface area contributed by atoms with Gasteiger partial charge in [-0.05, 0) is 27.2 Å². The Labute approximate surface area is 108 Å². The lowest BCUT2D eigenvalue weighted by Gasteiger charge is -2.35. The minimum absolute atomic E-state index is 0.585. The van der Waals surface area contributed by atoms with Crippen LogP contribution in [0.4, 0.5) is 5.82 Å². The fraction of sp³-hybridized carbons (Fsp3) is 0.615. The van der Waals surface area contributed by atoms with E-state index in [1.807, 2.05) is 13.0 Å². The van der Waals surface area contributed by atoms with Crippen molar-refractivity contribution in [3.63, 3.8) is 0 Å². The molecule has 0 spiro atoms. The molecule has 0 unspecified atom stereocenters. The van der Waals surface area contributed by atoms with Gasteiger partial charge in [0.2, 0.25) is 0 Å². The molecule has 1 aromatic rings. The zero-order chi connectivity index (χ0) is 13.8. The number of rotatable bonds is 6. The maximum atomic E-state index is 11.3. The van der Waals surface area contributed by atoms with Crippen molar-refractivity contribution in [1.82, 2.24) is 9.97 Å². The Morgan fingerprint density at radius 3 is 2.56 bits per heavy atom. The molecule has 0 aliphatic carbocycles. The van der Waals surface area contributed by atoms with Crippen LogP contribution in [-0.2, 0) is 11.2 Å². The van der Waals surface area contributed by atoms with E-state index in [4.69, 9.17) is 0 Å². The number of carboxylic acid groups (broad SMARTS) is 1. The van der Waals surface area contributed by atoms with Crippen molar-refractivity contribution in [2.24, 2.45) is 0 Å². The summed E-state index contributed by atoms with van der Waals surface area (Å²) < 4.78 is 0. The molecule has 1 aromatic heterocycles. The van der Waals surface area contributed by atoms with Crippen LogP contribution < -0.4 is 4.90 Å². The summed E-state index contributed by atoms with van der Waals surface area (Å²) in [7, 11) is 0. The number of likely N-dealkylation sites (N-methyl/N-ethyl adjacent to an activating group) is 1. The number of aryl methyl sites for hydroxylation is 1. The molecule has 1 rings (SSSR count). The predicted molar refractivity (Wildman–Crippen MR) is 70.8 cm³/mol. The fourth-order valence-corrected chi connectivity index (χ4v) is 1.89. The van der Waals surface area contributed by atoms with Crippen molar-refractivity contribution >= 4 is 11.8 Å². The van der Waals surface area contributed by atoms with Crippen LogP contribution in [0.5, 0.6) is 0 Å². The van der Waals surface area contributed by atoms with E-state index in [1.54, 1.807) is 18.7 Å². The third kappa shape index (κ3) is 2.97. The monoisotopic (exact) mass is 251 g/mol. The Morgan fingerprint density at radius 1 is 1.39 bits per heavy atom. The second-order valence-corrected chi connectivity index (χ2v) is 4.73. The van der Waals surface area contributed by atoms with Crippen molar-refractivity contribution in [1.29, 1.82) is 0 Å². The number of carboxylic acids is 1. The molecule has 0 bridgehead atoms. The van der Waals surface area contributed by atoms with Crippen LogP contribution in [0.3, 0.4) is 0 Å². The van der Waals surface area contributed by atoms with Crippen LogP contribution in [-0.4, -0.2) is 33.1 Å². The lowest BCUT2D eigenvalue weighted by Crippen LogP contribution is -2.50. The molecule has 100 valence electrons. The summed E-state index contributed by atoms with van der Waals surface area (Å²) in [6.45, 7) is 7.95. The number of carbonyl (C=O) groups is 1. The van der Waals surface area contributed by atoms with Gasteiger partial charge in [0.1, 0.15) is 17.7 Å². The van der Waals surface area contributed by atoms with Gasteiger partial charge in [-0.1, -0.05) is 13.3 Å². The molecule has 0 radical (unpaired) electrons. The molecule has 0 aliphatic rings. The van der Waals surface area contributed by atoms with Crippen molar-refractivity contribution in [2.45, 2.75) is 46.1 Å². The Balaban J connectivity index is 3.09. The van der Waals surface area contributed by atoms with E-state index in [0.717, 1.165) is 18.5 Å². The molecular formula is C13H21N3O2. The third-order valence-corrected chi connectivity index (χ3v) is 3.01. The summed E-state index contributed by atoms with van der Waals surface area (Å²) in [5.74, 6) is -0.191. The highest BCUT2D eigenvalue weighted by Crippen LogP contribution is 2.22. The van der Waals surface area contributed by atoms with Crippen LogP contribution in [0, 0.1) is 0 Å². The van der Waals surface area contributed by atoms with E-state index in [0.29, 0.717) is 12.4 Å². The molecule has 0 aliphatic heterocycles. The van der Waals surface area contributed by atoms with Gasteiger partial charge < -0.3 is 10.0 Å². The van der Waals surface area contributed by atoms with E-state index in [2.05, 4.69) is 16.9 Å². The molecule has 0 atom stereocenters. The van der Waals surface area contributed by atoms with E-state index in [9.17, 15) is 9.90 Å². The average Bonchev–Trinajstić information content (AvgIpc) is 2.30. The van der Waals surface area contributed by atoms with Crippen LogP contribution in [0.2, 0.25) is 0 Å². The average molecular weight is 251 g/mol. The minimum Gasteiger partial charge on any atom is -0.480 e. The Hall–Kier alpha value is -1.65. The summed E-state index contributed by atoms with van der Waals surface area (Å²) >= 11 is 0. The lowest BCUT2D eigenvalue weighted by atomic mass is 10.0. The molecule has 5 nitrogen and oxygen atoms in total. The van der Waals surface area contributed by atoms with Gasteiger partial charge in [-0.15, -0.1) is 0 Å². The van der Waals surface area contributed by atoms with E-state index in [-0.39, 0.29) is 0 Å². The SMILES string of the molecule is CCCc1cc(N(CC)C(C)(C)C(=O)O)ncn1. The number of anilines is 1. The highest BCUT2D eigenvalue weighted by molar-refractivity contribution is 5.82. The maximum Gasteiger partial charge on any atom is 0.328 e. The number of hydrogen-bond acceptors (Lipinski definition) is 4. The first kappa shape index (κ1) is 14.4. The molecule has 1 N–H and O–H groups in total. The largest absolute Gasteiger partial charge is 0.480 e. The number of hydrogen-bond donors (Lipinski definition) is 1. The van der Waals surface area contributed by atoms with Gasteiger partial charge >= 0.3 is 5.97 Å². The predicted octanol–water partition coefficient (Wildman–Crippen LogP) is 2.12. The van der Waals surface area contributed by atoms with Gasteiger partial charge in [-0.25, -0.2) is 14.8 Å². The van der Waals surface area contributed by atoms with Crippen LogP contribution in [0.15, 0.2) is 12.4 Å². The summed E-state index contributed by atoms with van der Waals surface area (Å²) in [6, 6.07) is 1.87. The Bertz CT molecular complexity index is 418. The molecule has 0 aromatic carbocycles. The minimum atomic E-state index is -0.980. The Kier molecular flexibility index (Phi) is 4.64. The normalized spacial score (nSPS) is 11.3. The van der Waals surface area contributed by atoms with Gasteiger partial charge in [0.15, 0.2) is 0 Å². The molecule has 1 heterocycles. The highest BCUT2D eigenvalue weighted by Gasteiger charge is 2.34. The maximum absolute atomic E-state index is 11.3. The lowest BCUT2D eigenvalue weighted by molar-refractivity contribution is -0.142. The van der Waals surface area contributed by atoms with Gasteiger partial charge in [0.05, 0.1) is 0 Å². The zero-order valence-electron chi connectivity index (χ0n) is 11.5. The smallest absolute Gasteiger partial charge is 0.328 e.